The molecule has 0 spiro atoms. The predicted octanol–water partition coefficient (Wildman–Crippen LogP) is -1.73. The van der Waals surface area contributed by atoms with E-state index in [1.54, 1.807) is 0 Å². The summed E-state index contributed by atoms with van der Waals surface area (Å²) in [7, 11) is 0. The molecule has 0 heterocycles. The summed E-state index contributed by atoms with van der Waals surface area (Å²) < 4.78 is 0. The maximum Gasteiger partial charge on any atom is 0 e. The van der Waals surface area contributed by atoms with Gasteiger partial charge in [0.2, 0.25) is 0 Å². The van der Waals surface area contributed by atoms with Gasteiger partial charge in [-0.1, -0.05) is 7.43 Å². The normalized spacial score (nSPS) is 0. The third-order valence-electron chi connectivity index (χ3n) is 0. The Morgan fingerprint density at radius 3 is 1.00 bits per heavy atom. The van der Waals surface area contributed by atoms with Crippen molar-refractivity contribution in [1.82, 2.24) is 0 Å². The molecule has 0 nitrogen and oxygen atoms in total. The van der Waals surface area contributed by atoms with E-state index in [2.05, 4.69) is 0 Å². The summed E-state index contributed by atoms with van der Waals surface area (Å²) >= 11 is 0. The Labute approximate surface area is 71.7 Å². The van der Waals surface area contributed by atoms with E-state index in [1.165, 1.54) is 0 Å². The van der Waals surface area contributed by atoms with Gasteiger partial charge in [0.15, 0.2) is 0 Å². The van der Waals surface area contributed by atoms with Crippen LogP contribution in [0.3, 0.4) is 0 Å². The molecule has 0 amide bonds. The van der Waals surface area contributed by atoms with Gasteiger partial charge in [-0.05, 0) is 0 Å². The summed E-state index contributed by atoms with van der Waals surface area (Å²) in [5.41, 5.74) is 0. The molecular weight excluding hydrogens is 298 g/mol. The Morgan fingerprint density at radius 1 is 1.00 bits per heavy atom. The van der Waals surface area contributed by atoms with Crippen LogP contribution < -0.4 is 0 Å². The van der Waals surface area contributed by atoms with Crippen molar-refractivity contribution in [2.24, 2.45) is 0 Å². The van der Waals surface area contributed by atoms with Gasteiger partial charge in [0.25, 0.3) is 0 Å². The molecule has 0 radical (unpaired) electrons. The van der Waals surface area contributed by atoms with Gasteiger partial charge >= 0.3 is 45.6 Å². The van der Waals surface area contributed by atoms with Gasteiger partial charge < -0.3 is 0 Å². The molecule has 0 aliphatic carbocycles. The summed E-state index contributed by atoms with van der Waals surface area (Å²) in [6.07, 6.45) is 0. The Balaban J connectivity index is 0. The monoisotopic (exact) mass is 308 g/mol. The van der Waals surface area contributed by atoms with E-state index in [-0.39, 0.29) is 72.5 Å². The van der Waals surface area contributed by atoms with Crippen molar-refractivity contribution < 1.29 is 19.5 Å². The fourth-order valence-electron chi connectivity index (χ4n) is 0. The van der Waals surface area contributed by atoms with Crippen LogP contribution in [0.4, 0.5) is 0 Å². The fraction of sp³-hybridized carbons (Fsp3) is 1.00. The minimum Gasteiger partial charge on any atom is 0 e. The Morgan fingerprint density at radius 2 is 1.00 bits per heavy atom. The summed E-state index contributed by atoms with van der Waals surface area (Å²) in [5, 5.41) is 0. The van der Waals surface area contributed by atoms with E-state index in [9.17, 15) is 0 Å². The Hall–Kier alpha value is 2.13. The van der Waals surface area contributed by atoms with Gasteiger partial charge in [-0.25, -0.2) is 0 Å². The van der Waals surface area contributed by atoms with E-state index < -0.39 is 0 Å². The van der Waals surface area contributed by atoms with Gasteiger partial charge in [0.1, 0.15) is 0 Å². The molecule has 0 fully saturated rings. The first-order valence-corrected chi connectivity index (χ1v) is 0. The number of hydrogen-bond donors (Lipinski definition) is 0. The summed E-state index contributed by atoms with van der Waals surface area (Å²) in [6.45, 7) is 0. The maximum absolute atomic E-state index is 0. The second-order valence-electron chi connectivity index (χ2n) is 0. The van der Waals surface area contributed by atoms with Crippen molar-refractivity contribution in [3.63, 3.8) is 0 Å². The Bertz CT molecular complexity index is 8.00. The zero-order chi connectivity index (χ0) is 0. The maximum atomic E-state index is 0. The first-order chi connectivity index (χ1) is 0. The van der Waals surface area contributed by atoms with Gasteiger partial charge in [0, 0.05) is 19.5 Å². The van der Waals surface area contributed by atoms with Crippen molar-refractivity contribution in [3.05, 3.63) is 0 Å². The largest absolute Gasteiger partial charge is 0 e. The van der Waals surface area contributed by atoms with E-state index in [0.717, 1.165) is 0 Å². The zero-order valence-corrected chi connectivity index (χ0v) is 2.09. The van der Waals surface area contributed by atoms with Crippen LogP contribution in [0.25, 0.3) is 0 Å². The van der Waals surface area contributed by atoms with Gasteiger partial charge in [-0.2, -0.15) is 0 Å². The van der Waals surface area contributed by atoms with Crippen LogP contribution in [-0.4, -0.2) is 45.6 Å². The third kappa shape index (κ3) is 8.92. The number of hydrogen-bond acceptors (Lipinski definition) is 0. The standard InChI is InChI=1S/CH4.Ga.In.Ru.6H/h1H4;;;;;;;;;. The number of rotatable bonds is 0. The molecule has 0 unspecified atom stereocenters. The summed E-state index contributed by atoms with van der Waals surface area (Å²) in [5.74, 6) is 0. The molecule has 0 aromatic heterocycles. The zero-order valence-electron chi connectivity index (χ0n) is 0.354. The van der Waals surface area contributed by atoms with E-state index in [4.69, 9.17) is 0 Å². The molecule has 0 aliphatic rings. The van der Waals surface area contributed by atoms with Crippen molar-refractivity contribution in [3.8, 4) is 0 Å². The average molecular weight is 308 g/mol. The molecule has 4 heavy (non-hydrogen) atoms. The topological polar surface area (TPSA) is 0 Å². The molecule has 0 aromatic rings. The fourth-order valence-corrected chi connectivity index (χ4v) is 0. The molecule has 0 atom stereocenters. The molecular formula is CH10GaInRu. The second-order valence-corrected chi connectivity index (χ2v) is 0. The minimum absolute atomic E-state index is 0. The molecule has 0 aromatic carbocycles. The van der Waals surface area contributed by atoms with Crippen molar-refractivity contribution in [2.45, 2.75) is 7.43 Å². The summed E-state index contributed by atoms with van der Waals surface area (Å²) in [4.78, 5) is 0. The van der Waals surface area contributed by atoms with Crippen molar-refractivity contribution >= 4 is 45.6 Å². The van der Waals surface area contributed by atoms with Gasteiger partial charge in [-0.3, -0.25) is 0 Å². The van der Waals surface area contributed by atoms with Crippen LogP contribution >= 0.6 is 0 Å². The van der Waals surface area contributed by atoms with E-state index >= 15 is 0 Å². The second kappa shape index (κ2) is 19.3. The smallest absolute Gasteiger partial charge is 0 e. The van der Waals surface area contributed by atoms with E-state index in [1.807, 2.05) is 0 Å². The molecule has 28 valence electrons. The average Bonchev–Trinajstić information content (AvgIpc) is 0. The summed E-state index contributed by atoms with van der Waals surface area (Å²) in [6, 6.07) is 0. The minimum atomic E-state index is 0. The first-order valence-electron chi connectivity index (χ1n) is 0. The van der Waals surface area contributed by atoms with Crippen molar-refractivity contribution in [1.29, 1.82) is 0 Å². The molecule has 0 saturated carbocycles. The third-order valence-corrected chi connectivity index (χ3v) is 0. The molecule has 3 heteroatoms. The van der Waals surface area contributed by atoms with E-state index in [0.29, 0.717) is 0 Å². The first kappa shape index (κ1) is 35.6. The van der Waals surface area contributed by atoms with Crippen LogP contribution in [-0.2, 0) is 19.5 Å². The van der Waals surface area contributed by atoms with Crippen LogP contribution in [0.1, 0.15) is 7.43 Å². The van der Waals surface area contributed by atoms with Gasteiger partial charge in [0.05, 0.1) is 0 Å². The SMILES string of the molecule is C.[GaH3].[InH3].[Ru]. The molecule has 0 aliphatic heterocycles. The van der Waals surface area contributed by atoms with Gasteiger partial charge in [-0.15, -0.1) is 0 Å². The molecule has 0 rings (SSSR count). The molecule has 0 N–H and O–H groups in total. The quantitative estimate of drug-likeness (QED) is 0.467. The van der Waals surface area contributed by atoms with Crippen LogP contribution in [0.2, 0.25) is 0 Å². The van der Waals surface area contributed by atoms with Crippen molar-refractivity contribution in [2.75, 3.05) is 0 Å². The Kier molecular flexibility index (Phi) is 171. The molecule has 0 bridgehead atoms. The molecule has 0 saturated heterocycles. The van der Waals surface area contributed by atoms with Crippen LogP contribution in [0.15, 0.2) is 0 Å². The van der Waals surface area contributed by atoms with Crippen LogP contribution in [0, 0.1) is 0 Å². The van der Waals surface area contributed by atoms with Crippen LogP contribution in [0.5, 0.6) is 0 Å². The predicted molar refractivity (Wildman–Crippen MR) is 26.6 cm³/mol.